The summed E-state index contributed by atoms with van der Waals surface area (Å²) in [5.41, 5.74) is -1.67. The van der Waals surface area contributed by atoms with E-state index in [4.69, 9.17) is 0 Å². The second-order valence-corrected chi connectivity index (χ2v) is 7.40. The Kier molecular flexibility index (Phi) is 6.73. The molecule has 1 saturated heterocycles. The summed E-state index contributed by atoms with van der Waals surface area (Å²) in [7, 11) is 0. The number of piperidine rings is 1. The predicted molar refractivity (Wildman–Crippen MR) is 103 cm³/mol. The maximum Gasteiger partial charge on any atom is 0.416 e. The van der Waals surface area contributed by atoms with Gasteiger partial charge in [-0.05, 0) is 38.0 Å². The van der Waals surface area contributed by atoms with Crippen LogP contribution in [0, 0.1) is 6.92 Å². The van der Waals surface area contributed by atoms with E-state index in [0.29, 0.717) is 25.9 Å². The van der Waals surface area contributed by atoms with Crippen LogP contribution in [0.15, 0.2) is 35.1 Å². The van der Waals surface area contributed by atoms with Crippen LogP contribution in [0.2, 0.25) is 0 Å². The molecule has 1 fully saturated rings. The molecule has 1 amide bonds. The second-order valence-electron chi connectivity index (χ2n) is 7.40. The van der Waals surface area contributed by atoms with E-state index < -0.39 is 35.2 Å². The zero-order valence-electron chi connectivity index (χ0n) is 16.6. The number of alkyl halides is 5. The van der Waals surface area contributed by atoms with Crippen molar-refractivity contribution in [3.8, 4) is 5.69 Å². The Morgan fingerprint density at radius 1 is 1.23 bits per heavy atom. The molecule has 0 radical (unpaired) electrons. The number of halogens is 5. The third-order valence-electron chi connectivity index (χ3n) is 5.06. The maximum atomic E-state index is 13.0. The number of hydrogen-bond donors (Lipinski definition) is 1. The number of amides is 1. The zero-order chi connectivity index (χ0) is 22.8. The fraction of sp³-hybridized carbons (Fsp3) is 0.450. The third kappa shape index (κ3) is 5.66. The van der Waals surface area contributed by atoms with Gasteiger partial charge in [-0.1, -0.05) is 6.07 Å². The predicted octanol–water partition coefficient (Wildman–Crippen LogP) is 3.02. The highest BCUT2D eigenvalue weighted by Crippen LogP contribution is 2.30. The number of aryl methyl sites for hydroxylation is 1. The van der Waals surface area contributed by atoms with Gasteiger partial charge >= 0.3 is 6.18 Å². The van der Waals surface area contributed by atoms with Crippen molar-refractivity contribution in [1.29, 1.82) is 0 Å². The molecular formula is C20H21F5N4O2. The highest BCUT2D eigenvalue weighted by Gasteiger charge is 2.31. The lowest BCUT2D eigenvalue weighted by atomic mass is 10.0. The molecule has 1 aromatic carbocycles. The topological polar surface area (TPSA) is 67.2 Å². The van der Waals surface area contributed by atoms with Gasteiger partial charge in [0.25, 0.3) is 12.3 Å². The Morgan fingerprint density at radius 3 is 2.52 bits per heavy atom. The van der Waals surface area contributed by atoms with Crippen molar-refractivity contribution in [2.45, 2.75) is 38.4 Å². The van der Waals surface area contributed by atoms with Crippen molar-refractivity contribution in [2.75, 3.05) is 19.6 Å². The Balaban J connectivity index is 1.79. The molecule has 1 aliphatic rings. The minimum absolute atomic E-state index is 0.0571. The van der Waals surface area contributed by atoms with Gasteiger partial charge in [0.15, 0.2) is 5.69 Å². The van der Waals surface area contributed by atoms with Gasteiger partial charge in [-0.25, -0.2) is 13.5 Å². The molecule has 1 aromatic heterocycles. The summed E-state index contributed by atoms with van der Waals surface area (Å²) in [5, 5.41) is 6.67. The van der Waals surface area contributed by atoms with Crippen LogP contribution in [0.1, 0.15) is 34.6 Å². The molecule has 2 aromatic rings. The summed E-state index contributed by atoms with van der Waals surface area (Å²) in [5.74, 6) is -0.752. The Labute approximate surface area is 174 Å². The average molecular weight is 444 g/mol. The molecule has 1 N–H and O–H groups in total. The molecule has 11 heteroatoms. The van der Waals surface area contributed by atoms with Gasteiger partial charge in [-0.15, -0.1) is 0 Å². The van der Waals surface area contributed by atoms with Gasteiger partial charge in [-0.3, -0.25) is 14.5 Å². The normalized spacial score (nSPS) is 16.0. The smallest absolute Gasteiger partial charge is 0.348 e. The standard InChI is InChI=1S/C20H21F5N4O2/c1-12-9-16(30)18(19(31)26-14-5-7-28(8-6-14)11-17(21)22)27-29(12)15-4-2-3-13(10-15)20(23,24)25/h2-4,9-10,14,17H,5-8,11H2,1H3,(H,26,31). The minimum Gasteiger partial charge on any atom is -0.348 e. The SMILES string of the molecule is Cc1cc(=O)c(C(=O)NC2CCN(CC(F)F)CC2)nn1-c1cccc(C(F)(F)F)c1. The lowest BCUT2D eigenvalue weighted by Gasteiger charge is -2.31. The summed E-state index contributed by atoms with van der Waals surface area (Å²) < 4.78 is 65.1. The summed E-state index contributed by atoms with van der Waals surface area (Å²) in [6.45, 7) is 1.92. The fourth-order valence-corrected chi connectivity index (χ4v) is 3.49. The first kappa shape index (κ1) is 22.9. The Bertz CT molecular complexity index is 998. The quantitative estimate of drug-likeness (QED) is 0.721. The highest BCUT2D eigenvalue weighted by atomic mass is 19.4. The van der Waals surface area contributed by atoms with E-state index in [1.807, 2.05) is 0 Å². The first-order valence-corrected chi connectivity index (χ1v) is 9.64. The van der Waals surface area contributed by atoms with Gasteiger partial charge in [0.1, 0.15) is 0 Å². The monoisotopic (exact) mass is 444 g/mol. The van der Waals surface area contributed by atoms with Crippen LogP contribution in [0.5, 0.6) is 0 Å². The molecule has 0 aliphatic carbocycles. The fourth-order valence-electron chi connectivity index (χ4n) is 3.49. The highest BCUT2D eigenvalue weighted by molar-refractivity contribution is 5.92. The number of likely N-dealkylation sites (tertiary alicyclic amines) is 1. The van der Waals surface area contributed by atoms with Crippen LogP contribution >= 0.6 is 0 Å². The third-order valence-corrected chi connectivity index (χ3v) is 5.06. The minimum atomic E-state index is -4.55. The number of aromatic nitrogens is 2. The van der Waals surface area contributed by atoms with Crippen molar-refractivity contribution < 1.29 is 26.7 Å². The first-order chi connectivity index (χ1) is 14.5. The molecule has 3 rings (SSSR count). The lowest BCUT2D eigenvalue weighted by molar-refractivity contribution is -0.137. The zero-order valence-corrected chi connectivity index (χ0v) is 16.6. The summed E-state index contributed by atoms with van der Waals surface area (Å²) in [4.78, 5) is 26.5. The molecule has 0 atom stereocenters. The summed E-state index contributed by atoms with van der Waals surface area (Å²) >= 11 is 0. The molecule has 2 heterocycles. The van der Waals surface area contributed by atoms with Crippen molar-refractivity contribution in [2.24, 2.45) is 0 Å². The van der Waals surface area contributed by atoms with Gasteiger partial charge < -0.3 is 5.32 Å². The van der Waals surface area contributed by atoms with Crippen molar-refractivity contribution in [3.05, 3.63) is 57.5 Å². The van der Waals surface area contributed by atoms with Crippen LogP contribution in [0.4, 0.5) is 22.0 Å². The Hall–Kier alpha value is -2.82. The number of rotatable bonds is 5. The van der Waals surface area contributed by atoms with Crippen molar-refractivity contribution in [3.63, 3.8) is 0 Å². The largest absolute Gasteiger partial charge is 0.416 e. The van der Waals surface area contributed by atoms with Crippen LogP contribution < -0.4 is 10.7 Å². The number of carbonyl (C=O) groups excluding carboxylic acids is 1. The number of carbonyl (C=O) groups is 1. The second kappa shape index (κ2) is 9.13. The molecule has 0 saturated carbocycles. The van der Waals surface area contributed by atoms with E-state index >= 15 is 0 Å². The van der Waals surface area contributed by atoms with Crippen LogP contribution in [0.3, 0.4) is 0 Å². The number of benzene rings is 1. The van der Waals surface area contributed by atoms with Gasteiger partial charge in [-0.2, -0.15) is 18.3 Å². The number of hydrogen-bond acceptors (Lipinski definition) is 4. The van der Waals surface area contributed by atoms with Gasteiger partial charge in [0.2, 0.25) is 5.43 Å². The van der Waals surface area contributed by atoms with E-state index in [1.165, 1.54) is 19.1 Å². The van der Waals surface area contributed by atoms with Crippen LogP contribution in [0.25, 0.3) is 5.69 Å². The molecule has 6 nitrogen and oxygen atoms in total. The molecule has 31 heavy (non-hydrogen) atoms. The van der Waals surface area contributed by atoms with Crippen LogP contribution in [-0.4, -0.2) is 52.7 Å². The first-order valence-electron chi connectivity index (χ1n) is 9.64. The summed E-state index contributed by atoms with van der Waals surface area (Å²) in [6, 6.07) is 5.21. The van der Waals surface area contributed by atoms with Crippen molar-refractivity contribution in [1.82, 2.24) is 20.0 Å². The van der Waals surface area contributed by atoms with E-state index in [0.717, 1.165) is 22.9 Å². The maximum absolute atomic E-state index is 13.0. The van der Waals surface area contributed by atoms with Crippen molar-refractivity contribution >= 4 is 5.91 Å². The van der Waals surface area contributed by atoms with E-state index in [-0.39, 0.29) is 24.0 Å². The summed E-state index contributed by atoms with van der Waals surface area (Å²) in [6.07, 6.45) is -6.11. The molecule has 168 valence electrons. The Morgan fingerprint density at radius 2 is 1.90 bits per heavy atom. The molecule has 0 unspecified atom stereocenters. The molecule has 1 aliphatic heterocycles. The number of nitrogens with zero attached hydrogens (tertiary/aromatic N) is 3. The van der Waals surface area contributed by atoms with Gasteiger partial charge in [0, 0.05) is 30.9 Å². The van der Waals surface area contributed by atoms with E-state index in [2.05, 4.69) is 10.4 Å². The lowest BCUT2D eigenvalue weighted by Crippen LogP contribution is -2.46. The number of nitrogens with one attached hydrogen (secondary N) is 1. The van der Waals surface area contributed by atoms with E-state index in [1.54, 1.807) is 4.90 Å². The van der Waals surface area contributed by atoms with Crippen LogP contribution in [-0.2, 0) is 6.18 Å². The molecule has 0 bridgehead atoms. The molecule has 0 spiro atoms. The average Bonchev–Trinajstić information content (AvgIpc) is 2.68. The van der Waals surface area contributed by atoms with E-state index in [9.17, 15) is 31.5 Å². The van der Waals surface area contributed by atoms with Gasteiger partial charge in [0.05, 0.1) is 17.8 Å². The molecular weight excluding hydrogens is 423 g/mol.